The summed E-state index contributed by atoms with van der Waals surface area (Å²) in [6, 6.07) is 7.51. The Hall–Kier alpha value is -2.89. The van der Waals surface area contributed by atoms with Gasteiger partial charge in [0.25, 0.3) is 5.56 Å². The van der Waals surface area contributed by atoms with Gasteiger partial charge in [0.15, 0.2) is 0 Å². The number of hydrogen-bond acceptors (Lipinski definition) is 9. The van der Waals surface area contributed by atoms with Crippen LogP contribution in [0.5, 0.6) is 0 Å². The zero-order valence-electron chi connectivity index (χ0n) is 19.0. The Balaban J connectivity index is 0.000000336. The van der Waals surface area contributed by atoms with E-state index in [-0.39, 0.29) is 11.6 Å². The number of halogens is 1. The summed E-state index contributed by atoms with van der Waals surface area (Å²) in [6.45, 7) is 3.65. The number of benzene rings is 1. The predicted octanol–water partition coefficient (Wildman–Crippen LogP) is 3.44. The summed E-state index contributed by atoms with van der Waals surface area (Å²) in [6.07, 6.45) is 1.69. The molecule has 11 heteroatoms. The third-order valence-corrected chi connectivity index (χ3v) is 6.26. The second kappa shape index (κ2) is 10.6. The van der Waals surface area contributed by atoms with E-state index in [2.05, 4.69) is 20.3 Å². The fourth-order valence-corrected chi connectivity index (χ4v) is 4.36. The van der Waals surface area contributed by atoms with Crippen LogP contribution in [0.4, 0.5) is 5.95 Å². The minimum atomic E-state index is -0.164. The third kappa shape index (κ3) is 5.26. The van der Waals surface area contributed by atoms with Crippen LogP contribution >= 0.6 is 22.9 Å². The highest BCUT2D eigenvalue weighted by molar-refractivity contribution is 7.09. The molecule has 1 saturated heterocycles. The molecular formula is C23H25ClN6O3S. The van der Waals surface area contributed by atoms with Crippen LogP contribution in [0, 0.1) is 6.92 Å². The van der Waals surface area contributed by atoms with E-state index in [1.807, 2.05) is 30.5 Å². The molecule has 34 heavy (non-hydrogen) atoms. The van der Waals surface area contributed by atoms with E-state index in [9.17, 15) is 4.79 Å². The maximum Gasteiger partial charge on any atom is 0.259 e. The van der Waals surface area contributed by atoms with Gasteiger partial charge >= 0.3 is 0 Å². The Bertz CT molecular complexity index is 1370. The molecule has 0 atom stereocenters. The zero-order valence-corrected chi connectivity index (χ0v) is 20.6. The van der Waals surface area contributed by atoms with Crippen LogP contribution in [0.2, 0.25) is 5.02 Å². The highest BCUT2D eigenvalue weighted by atomic mass is 35.5. The molecule has 4 aromatic rings. The number of aryl methyl sites for hydroxylation is 2. The van der Waals surface area contributed by atoms with Crippen molar-refractivity contribution >= 4 is 39.9 Å². The number of aromatic nitrogens is 4. The Morgan fingerprint density at radius 3 is 2.56 bits per heavy atom. The van der Waals surface area contributed by atoms with Crippen LogP contribution < -0.4 is 16.6 Å². The lowest BCUT2D eigenvalue weighted by molar-refractivity contribution is -0.106. The standard InChI is InChI=1S/C19H16ClN5OS.C4H9NO2/c1-10-23-16(9-27-10)11-4-5-13(15(20)7-11)14-6-12-8-22-19(21-2)24-17(12)25(3)18(14)26;5-4-1-6-3-7-2-4/h4-9H,1-3H3,(H,21,22,24);4H,1-3,5H2. The van der Waals surface area contributed by atoms with Gasteiger partial charge in [0.2, 0.25) is 5.95 Å². The number of fused-ring (bicyclic) bond motifs is 1. The average molecular weight is 501 g/mol. The number of nitrogens with zero attached hydrogens (tertiary/aromatic N) is 4. The molecule has 9 nitrogen and oxygen atoms in total. The SMILES string of the molecule is CNc1ncc2cc(-c3ccc(-c4csc(C)n4)cc3Cl)c(=O)n(C)c2n1.NC1COCOC1. The van der Waals surface area contributed by atoms with E-state index < -0.39 is 0 Å². The van der Waals surface area contributed by atoms with Gasteiger partial charge in [-0.1, -0.05) is 23.7 Å². The summed E-state index contributed by atoms with van der Waals surface area (Å²) in [5.41, 5.74) is 8.77. The normalized spacial score (nSPS) is 14.0. The van der Waals surface area contributed by atoms with Crippen molar-refractivity contribution < 1.29 is 9.47 Å². The smallest absolute Gasteiger partial charge is 0.259 e. The molecule has 0 bridgehead atoms. The molecule has 3 N–H and O–H groups in total. The molecule has 1 aliphatic heterocycles. The van der Waals surface area contributed by atoms with Crippen molar-refractivity contribution in [3.63, 3.8) is 0 Å². The molecule has 0 spiro atoms. The third-order valence-electron chi connectivity index (χ3n) is 5.18. The molecular weight excluding hydrogens is 476 g/mol. The number of rotatable bonds is 3. The lowest BCUT2D eigenvalue weighted by Crippen LogP contribution is -2.36. The second-order valence-electron chi connectivity index (χ2n) is 7.71. The van der Waals surface area contributed by atoms with Crippen LogP contribution in [0.1, 0.15) is 5.01 Å². The minimum absolute atomic E-state index is 0.0914. The van der Waals surface area contributed by atoms with E-state index in [0.29, 0.717) is 47.8 Å². The highest BCUT2D eigenvalue weighted by Crippen LogP contribution is 2.32. The van der Waals surface area contributed by atoms with Crippen molar-refractivity contribution in [2.75, 3.05) is 32.4 Å². The monoisotopic (exact) mass is 500 g/mol. The van der Waals surface area contributed by atoms with Crippen molar-refractivity contribution in [1.82, 2.24) is 19.5 Å². The van der Waals surface area contributed by atoms with Crippen LogP contribution in [0.3, 0.4) is 0 Å². The number of nitrogens with two attached hydrogens (primary N) is 1. The molecule has 0 saturated carbocycles. The summed E-state index contributed by atoms with van der Waals surface area (Å²) in [5, 5.41) is 7.14. The van der Waals surface area contributed by atoms with Crippen molar-refractivity contribution in [3.8, 4) is 22.4 Å². The van der Waals surface area contributed by atoms with Gasteiger partial charge in [-0.05, 0) is 19.1 Å². The molecule has 1 fully saturated rings. The Kier molecular flexibility index (Phi) is 7.54. The number of thiazole rings is 1. The molecule has 1 aliphatic rings. The van der Waals surface area contributed by atoms with Gasteiger partial charge in [0.05, 0.1) is 30.0 Å². The minimum Gasteiger partial charge on any atom is -0.357 e. The van der Waals surface area contributed by atoms with Crippen molar-refractivity contribution in [1.29, 1.82) is 0 Å². The summed E-state index contributed by atoms with van der Waals surface area (Å²) in [4.78, 5) is 26.0. The predicted molar refractivity (Wildman–Crippen MR) is 135 cm³/mol. The second-order valence-corrected chi connectivity index (χ2v) is 9.18. The lowest BCUT2D eigenvalue weighted by Gasteiger charge is -2.17. The van der Waals surface area contributed by atoms with Gasteiger partial charge in [0.1, 0.15) is 12.4 Å². The number of ether oxygens (including phenoxy) is 2. The first-order chi connectivity index (χ1) is 16.4. The summed E-state index contributed by atoms with van der Waals surface area (Å²) < 4.78 is 11.2. The fraction of sp³-hybridized carbons (Fsp3) is 0.304. The van der Waals surface area contributed by atoms with E-state index in [0.717, 1.165) is 21.7 Å². The number of hydrogen-bond donors (Lipinski definition) is 2. The van der Waals surface area contributed by atoms with Gasteiger partial charge in [-0.25, -0.2) is 9.97 Å². The number of anilines is 1. The van der Waals surface area contributed by atoms with E-state index in [1.54, 1.807) is 37.7 Å². The molecule has 5 rings (SSSR count). The van der Waals surface area contributed by atoms with Gasteiger partial charge in [-0.2, -0.15) is 4.98 Å². The fourth-order valence-electron chi connectivity index (χ4n) is 3.46. The van der Waals surface area contributed by atoms with Crippen LogP contribution in [0.15, 0.2) is 40.6 Å². The molecule has 0 radical (unpaired) electrons. The topological polar surface area (TPSA) is 117 Å². The van der Waals surface area contributed by atoms with Crippen LogP contribution in [0.25, 0.3) is 33.4 Å². The molecule has 0 unspecified atom stereocenters. The maximum atomic E-state index is 12.9. The van der Waals surface area contributed by atoms with E-state index in [4.69, 9.17) is 26.8 Å². The van der Waals surface area contributed by atoms with Crippen molar-refractivity contribution in [3.05, 3.63) is 56.2 Å². The molecule has 3 aromatic heterocycles. The highest BCUT2D eigenvalue weighted by Gasteiger charge is 2.15. The van der Waals surface area contributed by atoms with E-state index in [1.165, 1.54) is 4.57 Å². The molecule has 1 aromatic carbocycles. The zero-order chi connectivity index (χ0) is 24.2. The van der Waals surface area contributed by atoms with E-state index >= 15 is 0 Å². The number of nitrogens with one attached hydrogen (secondary N) is 1. The van der Waals surface area contributed by atoms with Crippen LogP contribution in [-0.4, -0.2) is 52.6 Å². The first-order valence-corrected chi connectivity index (χ1v) is 11.8. The quantitative estimate of drug-likeness (QED) is 0.439. The van der Waals surface area contributed by atoms with Gasteiger partial charge in [-0.3, -0.25) is 9.36 Å². The largest absolute Gasteiger partial charge is 0.357 e. The molecule has 0 aliphatic carbocycles. The average Bonchev–Trinajstić information content (AvgIpc) is 3.28. The van der Waals surface area contributed by atoms with Gasteiger partial charge in [-0.15, -0.1) is 11.3 Å². The Morgan fingerprint density at radius 1 is 1.21 bits per heavy atom. The molecule has 178 valence electrons. The number of pyridine rings is 1. The summed E-state index contributed by atoms with van der Waals surface area (Å²) in [5.74, 6) is 0.464. The maximum absolute atomic E-state index is 12.9. The van der Waals surface area contributed by atoms with Gasteiger partial charge < -0.3 is 20.5 Å². The Morgan fingerprint density at radius 2 is 1.97 bits per heavy atom. The van der Waals surface area contributed by atoms with Crippen LogP contribution in [-0.2, 0) is 16.5 Å². The first kappa shape index (κ1) is 24.2. The summed E-state index contributed by atoms with van der Waals surface area (Å²) >= 11 is 8.12. The van der Waals surface area contributed by atoms with Crippen molar-refractivity contribution in [2.24, 2.45) is 12.8 Å². The summed E-state index contributed by atoms with van der Waals surface area (Å²) in [7, 11) is 3.43. The Labute approximate surface area is 205 Å². The van der Waals surface area contributed by atoms with Gasteiger partial charge in [0, 0.05) is 52.8 Å². The van der Waals surface area contributed by atoms with Crippen molar-refractivity contribution in [2.45, 2.75) is 13.0 Å². The molecule has 4 heterocycles. The first-order valence-electron chi connectivity index (χ1n) is 10.6. The molecule has 0 amide bonds. The lowest BCUT2D eigenvalue weighted by atomic mass is 10.0.